The van der Waals surface area contributed by atoms with E-state index in [1.807, 2.05) is 13.8 Å². The normalized spacial score (nSPS) is 11.3. The summed E-state index contributed by atoms with van der Waals surface area (Å²) >= 11 is 0. The van der Waals surface area contributed by atoms with Crippen LogP contribution in [0.5, 0.6) is 0 Å². The number of carbonyl (C=O) groups is 1. The highest BCUT2D eigenvalue weighted by atomic mass is 16.5. The van der Waals surface area contributed by atoms with E-state index in [1.165, 1.54) is 57.8 Å². The van der Waals surface area contributed by atoms with Crippen LogP contribution >= 0.6 is 0 Å². The number of hydrogen-bond donors (Lipinski definition) is 0. The van der Waals surface area contributed by atoms with Gasteiger partial charge in [0.2, 0.25) is 0 Å². The summed E-state index contributed by atoms with van der Waals surface area (Å²) in [7, 11) is 0. The number of hydrogen-bond acceptors (Lipinski definition) is 5. The monoisotopic (exact) mass is 416 g/mol. The Bertz CT molecular complexity index is 333. The lowest BCUT2D eigenvalue weighted by atomic mass is 10.1. The number of unbranched alkanes of at least 4 members (excludes halogenated alkanes) is 9. The molecule has 0 saturated heterocycles. The maximum atomic E-state index is 11.4. The molecule has 0 radical (unpaired) electrons. The van der Waals surface area contributed by atoms with Gasteiger partial charge in [0.05, 0.1) is 33.0 Å². The van der Waals surface area contributed by atoms with Crippen molar-refractivity contribution in [2.75, 3.05) is 46.2 Å². The minimum atomic E-state index is -0.141. The smallest absolute Gasteiger partial charge is 0.305 e. The average Bonchev–Trinajstić information content (AvgIpc) is 2.70. The summed E-state index contributed by atoms with van der Waals surface area (Å²) in [5, 5.41) is 0. The molecule has 0 aliphatic carbocycles. The molecule has 0 amide bonds. The van der Waals surface area contributed by atoms with Crippen molar-refractivity contribution in [3.05, 3.63) is 0 Å². The molecule has 5 heteroatoms. The fraction of sp³-hybridized carbons (Fsp3) is 0.958. The Hall–Kier alpha value is -0.650. The van der Waals surface area contributed by atoms with Crippen LogP contribution in [0.4, 0.5) is 0 Å². The second-order valence-electron chi connectivity index (χ2n) is 8.20. The highest BCUT2D eigenvalue weighted by Gasteiger charge is 2.04. The first-order chi connectivity index (χ1) is 14.2. The molecule has 0 atom stereocenters. The first kappa shape index (κ1) is 28.4. The van der Waals surface area contributed by atoms with Crippen LogP contribution < -0.4 is 0 Å². The molecule has 0 aromatic carbocycles. The third kappa shape index (κ3) is 25.3. The van der Waals surface area contributed by atoms with Crippen LogP contribution in [-0.4, -0.2) is 52.2 Å². The maximum Gasteiger partial charge on any atom is 0.305 e. The molecule has 0 saturated carbocycles. The second-order valence-corrected chi connectivity index (χ2v) is 8.20. The molecule has 0 aromatic heterocycles. The van der Waals surface area contributed by atoms with Crippen LogP contribution in [0.2, 0.25) is 0 Å². The zero-order valence-corrected chi connectivity index (χ0v) is 19.6. The molecule has 0 N–H and O–H groups in total. The molecule has 0 bridgehead atoms. The van der Waals surface area contributed by atoms with Crippen LogP contribution in [0.3, 0.4) is 0 Å². The van der Waals surface area contributed by atoms with Crippen LogP contribution in [-0.2, 0) is 23.7 Å². The molecule has 0 heterocycles. The van der Waals surface area contributed by atoms with E-state index in [1.54, 1.807) is 0 Å². The summed E-state index contributed by atoms with van der Waals surface area (Å²) in [6, 6.07) is 0. The minimum absolute atomic E-state index is 0.141. The third-order valence-corrected chi connectivity index (χ3v) is 4.63. The molecule has 0 spiro atoms. The fourth-order valence-electron chi connectivity index (χ4n) is 2.88. The van der Waals surface area contributed by atoms with Crippen LogP contribution in [0.1, 0.15) is 97.8 Å². The van der Waals surface area contributed by atoms with Crippen molar-refractivity contribution in [3.8, 4) is 0 Å². The van der Waals surface area contributed by atoms with Crippen molar-refractivity contribution in [2.45, 2.75) is 97.8 Å². The molecular weight excluding hydrogens is 368 g/mol. The van der Waals surface area contributed by atoms with Gasteiger partial charge in [-0.05, 0) is 18.8 Å². The van der Waals surface area contributed by atoms with Gasteiger partial charge in [0.15, 0.2) is 0 Å². The molecule has 0 fully saturated rings. The fourth-order valence-corrected chi connectivity index (χ4v) is 2.88. The summed E-state index contributed by atoms with van der Waals surface area (Å²) in [6.45, 7) is 10.6. The second kappa shape index (κ2) is 23.6. The van der Waals surface area contributed by atoms with Crippen molar-refractivity contribution >= 4 is 5.97 Å². The number of carbonyl (C=O) groups excluding carboxylic acids is 1. The molecule has 174 valence electrons. The van der Waals surface area contributed by atoms with Crippen molar-refractivity contribution in [2.24, 2.45) is 5.92 Å². The first-order valence-electron chi connectivity index (χ1n) is 12.1. The van der Waals surface area contributed by atoms with Gasteiger partial charge >= 0.3 is 5.97 Å². The molecule has 0 aromatic rings. The van der Waals surface area contributed by atoms with Crippen molar-refractivity contribution in [3.63, 3.8) is 0 Å². The van der Waals surface area contributed by atoms with Crippen molar-refractivity contribution < 1.29 is 23.7 Å². The third-order valence-electron chi connectivity index (χ3n) is 4.63. The van der Waals surface area contributed by atoms with Gasteiger partial charge in [-0.15, -0.1) is 0 Å². The van der Waals surface area contributed by atoms with Gasteiger partial charge in [-0.25, -0.2) is 0 Å². The predicted octanol–water partition coefficient (Wildman–Crippen LogP) is 5.94. The summed E-state index contributed by atoms with van der Waals surface area (Å²) in [5.41, 5.74) is 0. The van der Waals surface area contributed by atoms with Gasteiger partial charge < -0.3 is 18.9 Å². The van der Waals surface area contributed by atoms with E-state index >= 15 is 0 Å². The molecule has 5 nitrogen and oxygen atoms in total. The topological polar surface area (TPSA) is 54.0 Å². The van der Waals surface area contributed by atoms with E-state index in [2.05, 4.69) is 6.92 Å². The Morgan fingerprint density at radius 2 is 1.07 bits per heavy atom. The van der Waals surface area contributed by atoms with Gasteiger partial charge in [0.1, 0.15) is 0 Å². The molecule has 29 heavy (non-hydrogen) atoms. The van der Waals surface area contributed by atoms with Crippen LogP contribution in [0.25, 0.3) is 0 Å². The van der Waals surface area contributed by atoms with Crippen LogP contribution in [0, 0.1) is 5.92 Å². The van der Waals surface area contributed by atoms with E-state index < -0.39 is 0 Å². The summed E-state index contributed by atoms with van der Waals surface area (Å²) < 4.78 is 21.7. The average molecular weight is 417 g/mol. The van der Waals surface area contributed by atoms with Crippen molar-refractivity contribution in [1.29, 1.82) is 0 Å². The quantitative estimate of drug-likeness (QED) is 0.152. The van der Waals surface area contributed by atoms with E-state index in [9.17, 15) is 4.79 Å². The lowest BCUT2D eigenvalue weighted by Crippen LogP contribution is -2.12. The summed E-state index contributed by atoms with van der Waals surface area (Å²) in [6.07, 6.45) is 14.6. The highest BCUT2D eigenvalue weighted by molar-refractivity contribution is 5.69. The summed E-state index contributed by atoms with van der Waals surface area (Å²) in [4.78, 5) is 11.4. The lowest BCUT2D eigenvalue weighted by molar-refractivity contribution is -0.145. The van der Waals surface area contributed by atoms with Gasteiger partial charge in [0, 0.05) is 19.6 Å². The lowest BCUT2D eigenvalue weighted by Gasteiger charge is -2.08. The largest absolute Gasteiger partial charge is 0.465 e. The minimum Gasteiger partial charge on any atom is -0.465 e. The number of esters is 1. The number of ether oxygens (including phenoxy) is 4. The van der Waals surface area contributed by atoms with Gasteiger partial charge in [-0.1, -0.05) is 78.6 Å². The van der Waals surface area contributed by atoms with E-state index in [-0.39, 0.29) is 5.97 Å². The Balaban J connectivity index is 3.07. The van der Waals surface area contributed by atoms with E-state index in [4.69, 9.17) is 18.9 Å². The van der Waals surface area contributed by atoms with Gasteiger partial charge in [0.25, 0.3) is 0 Å². The molecule has 0 aliphatic rings. The Morgan fingerprint density at radius 3 is 1.59 bits per heavy atom. The first-order valence-corrected chi connectivity index (χ1v) is 12.1. The predicted molar refractivity (Wildman–Crippen MR) is 119 cm³/mol. The van der Waals surface area contributed by atoms with Crippen molar-refractivity contribution in [1.82, 2.24) is 0 Å². The van der Waals surface area contributed by atoms with Gasteiger partial charge in [-0.3, -0.25) is 4.79 Å². The highest BCUT2D eigenvalue weighted by Crippen LogP contribution is 2.10. The van der Waals surface area contributed by atoms with Gasteiger partial charge in [-0.2, -0.15) is 0 Å². The molecular formula is C24H48O5. The van der Waals surface area contributed by atoms with E-state index in [0.29, 0.717) is 58.4 Å². The molecule has 0 rings (SSSR count). The Kier molecular flexibility index (Phi) is 23.1. The Morgan fingerprint density at radius 1 is 0.621 bits per heavy atom. The van der Waals surface area contributed by atoms with Crippen LogP contribution in [0.15, 0.2) is 0 Å². The SMILES string of the molecule is CCCCCCCCCCCCOCCOCCOCCCC(=O)OCC(C)C. The maximum absolute atomic E-state index is 11.4. The zero-order valence-electron chi connectivity index (χ0n) is 19.6. The summed E-state index contributed by atoms with van der Waals surface area (Å²) in [5.74, 6) is 0.240. The van der Waals surface area contributed by atoms with E-state index in [0.717, 1.165) is 13.0 Å². The standard InChI is InChI=1S/C24H48O5/c1-4-5-6-7-8-9-10-11-12-13-16-26-18-20-28-21-19-27-17-14-15-24(25)29-22-23(2)3/h23H,4-22H2,1-3H3. The number of rotatable bonds is 23. The Labute approximate surface area is 180 Å². The molecule has 0 aliphatic heterocycles. The molecule has 0 unspecified atom stereocenters. The zero-order chi connectivity index (χ0) is 21.4.